The summed E-state index contributed by atoms with van der Waals surface area (Å²) < 4.78 is 30.5. The van der Waals surface area contributed by atoms with Crippen LogP contribution in [0.5, 0.6) is 0 Å². The summed E-state index contributed by atoms with van der Waals surface area (Å²) in [5.41, 5.74) is 1.35. The molecule has 0 atom stereocenters. The van der Waals surface area contributed by atoms with E-state index < -0.39 is 15.6 Å². The highest BCUT2D eigenvalue weighted by Gasteiger charge is 2.28. The molecule has 1 saturated heterocycles. The summed E-state index contributed by atoms with van der Waals surface area (Å²) in [4.78, 5) is 25.2. The highest BCUT2D eigenvalue weighted by atomic mass is 32.2. The molecule has 0 unspecified atom stereocenters. The Morgan fingerprint density at radius 1 is 1.26 bits per heavy atom. The summed E-state index contributed by atoms with van der Waals surface area (Å²) in [5, 5.41) is 0. The van der Waals surface area contributed by atoms with Gasteiger partial charge in [0, 0.05) is 58.0 Å². The van der Waals surface area contributed by atoms with Crippen LogP contribution >= 0.6 is 0 Å². The van der Waals surface area contributed by atoms with Gasteiger partial charge < -0.3 is 14.5 Å². The average molecular weight is 454 g/mol. The minimum absolute atomic E-state index is 0.222. The summed E-state index contributed by atoms with van der Waals surface area (Å²) in [6.45, 7) is 8.76. The maximum Gasteiger partial charge on any atom is 0.410 e. The minimum atomic E-state index is -3.20. The van der Waals surface area contributed by atoms with Gasteiger partial charge in [-0.3, -0.25) is 0 Å². The van der Waals surface area contributed by atoms with E-state index in [0.717, 1.165) is 50.2 Å². The van der Waals surface area contributed by atoms with Crippen molar-refractivity contribution in [1.82, 2.24) is 19.2 Å². The highest BCUT2D eigenvalue weighted by Crippen LogP contribution is 2.24. The lowest BCUT2D eigenvalue weighted by atomic mass is 9.93. The molecule has 10 heteroatoms. The molecule has 0 N–H and O–H groups in total. The number of nitrogens with zero attached hydrogens (tertiary/aromatic N) is 5. The van der Waals surface area contributed by atoms with Crippen molar-refractivity contribution in [2.24, 2.45) is 5.92 Å². The number of piperidine rings is 1. The highest BCUT2D eigenvalue weighted by molar-refractivity contribution is 7.88. The SMILES string of the molecule is CN(CCC1CCN(C(=O)OC(C)(C)C)CC1)c1ncc2c(n1)CCN(S(C)(=O)=O)C2. The largest absolute Gasteiger partial charge is 0.444 e. The minimum Gasteiger partial charge on any atom is -0.444 e. The van der Waals surface area contributed by atoms with Crippen LogP contribution in [0.25, 0.3) is 0 Å². The lowest BCUT2D eigenvalue weighted by molar-refractivity contribution is 0.0182. The fraction of sp³-hybridized carbons (Fsp3) is 0.762. The van der Waals surface area contributed by atoms with Crippen molar-refractivity contribution in [3.8, 4) is 0 Å². The summed E-state index contributed by atoms with van der Waals surface area (Å²) in [7, 11) is -1.21. The molecule has 1 amide bonds. The van der Waals surface area contributed by atoms with Crippen LogP contribution in [0.3, 0.4) is 0 Å². The van der Waals surface area contributed by atoms with Crippen LogP contribution in [0.1, 0.15) is 51.3 Å². The Bertz CT molecular complexity index is 892. The second-order valence-corrected chi connectivity index (χ2v) is 11.6. The van der Waals surface area contributed by atoms with Crippen molar-refractivity contribution in [3.05, 3.63) is 17.5 Å². The van der Waals surface area contributed by atoms with E-state index in [-0.39, 0.29) is 6.09 Å². The van der Waals surface area contributed by atoms with E-state index in [1.165, 1.54) is 10.6 Å². The number of anilines is 1. The molecule has 3 rings (SSSR count). The van der Waals surface area contributed by atoms with Crippen LogP contribution in [-0.2, 0) is 27.7 Å². The summed E-state index contributed by atoms with van der Waals surface area (Å²) in [6, 6.07) is 0. The molecule has 1 fully saturated rings. The molecule has 1 aromatic rings. The van der Waals surface area contributed by atoms with Gasteiger partial charge in [-0.1, -0.05) is 0 Å². The molecule has 0 bridgehead atoms. The van der Waals surface area contributed by atoms with E-state index in [2.05, 4.69) is 14.9 Å². The number of carbonyl (C=O) groups is 1. The molecule has 2 aliphatic heterocycles. The molecule has 1 aromatic heterocycles. The Morgan fingerprint density at radius 3 is 2.55 bits per heavy atom. The first-order valence-electron chi connectivity index (χ1n) is 10.9. The van der Waals surface area contributed by atoms with Gasteiger partial charge in [-0.05, 0) is 46.0 Å². The normalized spacial score (nSPS) is 18.5. The molecule has 0 radical (unpaired) electrons. The third-order valence-corrected chi connectivity index (χ3v) is 7.09. The van der Waals surface area contributed by atoms with Crippen molar-refractivity contribution in [2.45, 2.75) is 58.6 Å². The molecule has 31 heavy (non-hydrogen) atoms. The number of carbonyl (C=O) groups excluding carboxylic acids is 1. The van der Waals surface area contributed by atoms with Crippen LogP contribution in [0, 0.1) is 5.92 Å². The first-order valence-corrected chi connectivity index (χ1v) is 12.8. The van der Waals surface area contributed by atoms with E-state index in [9.17, 15) is 13.2 Å². The maximum atomic E-state index is 12.2. The lowest BCUT2D eigenvalue weighted by Gasteiger charge is -2.34. The predicted octanol–water partition coefficient (Wildman–Crippen LogP) is 2.27. The molecule has 174 valence electrons. The second kappa shape index (κ2) is 9.28. The average Bonchev–Trinajstić information content (AvgIpc) is 2.69. The molecule has 9 nitrogen and oxygen atoms in total. The van der Waals surface area contributed by atoms with Crippen LogP contribution in [0.15, 0.2) is 6.20 Å². The number of fused-ring (bicyclic) bond motifs is 1. The van der Waals surface area contributed by atoms with Gasteiger partial charge in [0.1, 0.15) is 5.60 Å². The number of hydrogen-bond acceptors (Lipinski definition) is 7. The van der Waals surface area contributed by atoms with E-state index >= 15 is 0 Å². The quantitative estimate of drug-likeness (QED) is 0.675. The summed E-state index contributed by atoms with van der Waals surface area (Å²) in [6.07, 6.45) is 6.33. The second-order valence-electron chi connectivity index (χ2n) is 9.61. The Labute approximate surface area is 185 Å². The predicted molar refractivity (Wildman–Crippen MR) is 119 cm³/mol. The number of hydrogen-bond donors (Lipinski definition) is 0. The van der Waals surface area contributed by atoms with Crippen molar-refractivity contribution in [1.29, 1.82) is 0 Å². The molecule has 0 aliphatic carbocycles. The number of aromatic nitrogens is 2. The van der Waals surface area contributed by atoms with Crippen molar-refractivity contribution >= 4 is 22.1 Å². The van der Waals surface area contributed by atoms with Crippen molar-refractivity contribution in [3.63, 3.8) is 0 Å². The summed E-state index contributed by atoms with van der Waals surface area (Å²) in [5.74, 6) is 1.24. The van der Waals surface area contributed by atoms with E-state index in [4.69, 9.17) is 4.74 Å². The van der Waals surface area contributed by atoms with Crippen LogP contribution in [-0.4, -0.2) is 78.8 Å². The molecule has 0 saturated carbocycles. The fourth-order valence-electron chi connectivity index (χ4n) is 3.95. The third-order valence-electron chi connectivity index (χ3n) is 5.84. The Kier molecular flexibility index (Phi) is 7.10. The maximum absolute atomic E-state index is 12.2. The Balaban J connectivity index is 1.48. The third kappa shape index (κ3) is 6.52. The number of likely N-dealkylation sites (tertiary alicyclic amines) is 1. The first kappa shape index (κ1) is 23.7. The molecule has 3 heterocycles. The Morgan fingerprint density at radius 2 is 1.94 bits per heavy atom. The zero-order chi connectivity index (χ0) is 22.8. The number of amides is 1. The lowest BCUT2D eigenvalue weighted by Crippen LogP contribution is -2.42. The standard InChI is InChI=1S/C21H35N5O4S/c1-21(2,3)30-20(27)25-11-7-16(8-12-25)6-10-24(4)19-22-14-17-15-26(31(5,28)29)13-9-18(17)23-19/h14,16H,6-13,15H2,1-5H3. The van der Waals surface area contributed by atoms with Gasteiger partial charge in [0.05, 0.1) is 11.9 Å². The zero-order valence-electron chi connectivity index (χ0n) is 19.3. The number of ether oxygens (including phenoxy) is 1. The van der Waals surface area contributed by atoms with E-state index in [1.54, 1.807) is 11.1 Å². The molecule has 0 aromatic carbocycles. The van der Waals surface area contributed by atoms with Gasteiger partial charge in [-0.15, -0.1) is 0 Å². The molecular weight excluding hydrogens is 418 g/mol. The molecule has 2 aliphatic rings. The van der Waals surface area contributed by atoms with Crippen LogP contribution in [0.4, 0.5) is 10.7 Å². The van der Waals surface area contributed by atoms with E-state index in [1.807, 2.05) is 27.8 Å². The first-order chi connectivity index (χ1) is 14.4. The van der Waals surface area contributed by atoms with Gasteiger partial charge >= 0.3 is 6.09 Å². The number of sulfonamides is 1. The van der Waals surface area contributed by atoms with Crippen molar-refractivity contribution in [2.75, 3.05) is 44.4 Å². The van der Waals surface area contributed by atoms with Gasteiger partial charge in [-0.25, -0.2) is 23.2 Å². The zero-order valence-corrected chi connectivity index (χ0v) is 20.1. The monoisotopic (exact) mass is 453 g/mol. The van der Waals surface area contributed by atoms with E-state index in [0.29, 0.717) is 31.4 Å². The molecule has 0 spiro atoms. The van der Waals surface area contributed by atoms with Gasteiger partial charge in [0.15, 0.2) is 0 Å². The topological polar surface area (TPSA) is 95.9 Å². The Hall–Kier alpha value is -1.94. The van der Waals surface area contributed by atoms with Crippen molar-refractivity contribution < 1.29 is 17.9 Å². The smallest absolute Gasteiger partial charge is 0.410 e. The fourth-order valence-corrected chi connectivity index (χ4v) is 4.75. The van der Waals surface area contributed by atoms with Gasteiger partial charge in [0.2, 0.25) is 16.0 Å². The van der Waals surface area contributed by atoms with Gasteiger partial charge in [-0.2, -0.15) is 4.31 Å². The number of rotatable bonds is 5. The molecular formula is C21H35N5O4S. The summed E-state index contributed by atoms with van der Waals surface area (Å²) >= 11 is 0. The van der Waals surface area contributed by atoms with Gasteiger partial charge in [0.25, 0.3) is 0 Å². The van der Waals surface area contributed by atoms with Crippen LogP contribution in [0.2, 0.25) is 0 Å². The van der Waals surface area contributed by atoms with Crippen LogP contribution < -0.4 is 4.90 Å².